The Kier molecular flexibility index (Phi) is 6.64. The van der Waals surface area contributed by atoms with Gasteiger partial charge in [0.25, 0.3) is 5.91 Å². The fraction of sp³-hybridized carbons (Fsp3) is 0.467. The van der Waals surface area contributed by atoms with Gasteiger partial charge in [-0.3, -0.25) is 4.79 Å². The molecule has 1 rings (SSSR count). The molecule has 1 aromatic carbocycles. The summed E-state index contributed by atoms with van der Waals surface area (Å²) in [5.74, 6) is 0.458. The fourth-order valence-corrected chi connectivity index (χ4v) is 1.53. The first-order chi connectivity index (χ1) is 9.11. The molecule has 0 atom stereocenters. The fourth-order valence-electron chi connectivity index (χ4n) is 1.53. The summed E-state index contributed by atoms with van der Waals surface area (Å²) in [7, 11) is 0. The highest BCUT2D eigenvalue weighted by Crippen LogP contribution is 2.11. The molecule has 1 aromatic rings. The SMILES string of the molecule is CCCCC(C)=NNC(=O)COc1cccc(C)c1. The second-order valence-electron chi connectivity index (χ2n) is 4.59. The number of ether oxygens (including phenoxy) is 1. The minimum atomic E-state index is -0.239. The van der Waals surface area contributed by atoms with E-state index in [0.29, 0.717) is 5.75 Å². The number of unbranched alkanes of at least 4 members (excludes halogenated alkanes) is 1. The molecule has 0 aliphatic heterocycles. The van der Waals surface area contributed by atoms with E-state index < -0.39 is 0 Å². The number of hydrogen-bond acceptors (Lipinski definition) is 3. The zero-order valence-corrected chi connectivity index (χ0v) is 11.9. The van der Waals surface area contributed by atoms with Crippen LogP contribution in [0.5, 0.6) is 5.75 Å². The van der Waals surface area contributed by atoms with Crippen molar-refractivity contribution in [3.05, 3.63) is 29.8 Å². The zero-order valence-electron chi connectivity index (χ0n) is 11.9. The summed E-state index contributed by atoms with van der Waals surface area (Å²) in [6, 6.07) is 7.60. The number of amides is 1. The average Bonchev–Trinajstić information content (AvgIpc) is 2.40. The molecule has 1 N–H and O–H groups in total. The average molecular weight is 262 g/mol. The number of aryl methyl sites for hydroxylation is 1. The van der Waals surface area contributed by atoms with Crippen molar-refractivity contribution in [1.82, 2.24) is 5.43 Å². The molecule has 19 heavy (non-hydrogen) atoms. The highest BCUT2D eigenvalue weighted by Gasteiger charge is 2.02. The molecule has 104 valence electrons. The lowest BCUT2D eigenvalue weighted by molar-refractivity contribution is -0.123. The third kappa shape index (κ3) is 6.60. The smallest absolute Gasteiger partial charge is 0.277 e. The first kappa shape index (κ1) is 15.2. The van der Waals surface area contributed by atoms with E-state index in [1.165, 1.54) is 0 Å². The van der Waals surface area contributed by atoms with Crippen LogP contribution in [0.3, 0.4) is 0 Å². The van der Waals surface area contributed by atoms with E-state index in [2.05, 4.69) is 17.5 Å². The Labute approximate surface area is 114 Å². The molecule has 0 saturated heterocycles. The van der Waals surface area contributed by atoms with Crippen molar-refractivity contribution >= 4 is 11.6 Å². The van der Waals surface area contributed by atoms with Crippen molar-refractivity contribution in [3.8, 4) is 5.75 Å². The van der Waals surface area contributed by atoms with Crippen LogP contribution in [0.2, 0.25) is 0 Å². The van der Waals surface area contributed by atoms with Crippen molar-refractivity contribution in [2.45, 2.75) is 40.0 Å². The van der Waals surface area contributed by atoms with Crippen molar-refractivity contribution in [1.29, 1.82) is 0 Å². The van der Waals surface area contributed by atoms with Crippen LogP contribution >= 0.6 is 0 Å². The number of nitrogens with one attached hydrogen (secondary N) is 1. The second-order valence-corrected chi connectivity index (χ2v) is 4.59. The largest absolute Gasteiger partial charge is 0.484 e. The maximum atomic E-state index is 11.5. The molecule has 0 unspecified atom stereocenters. The quantitative estimate of drug-likeness (QED) is 0.606. The summed E-state index contributed by atoms with van der Waals surface area (Å²) in [5, 5.41) is 4.03. The molecule has 0 saturated carbocycles. The number of hydrogen-bond donors (Lipinski definition) is 1. The first-order valence-electron chi connectivity index (χ1n) is 6.63. The van der Waals surface area contributed by atoms with Gasteiger partial charge in [-0.1, -0.05) is 25.5 Å². The van der Waals surface area contributed by atoms with Crippen LogP contribution in [0.4, 0.5) is 0 Å². The zero-order chi connectivity index (χ0) is 14.1. The highest BCUT2D eigenvalue weighted by atomic mass is 16.5. The first-order valence-corrected chi connectivity index (χ1v) is 6.63. The molecule has 0 heterocycles. The number of benzene rings is 1. The molecule has 0 fully saturated rings. The minimum absolute atomic E-state index is 0.0198. The van der Waals surface area contributed by atoms with Crippen molar-refractivity contribution in [2.24, 2.45) is 5.10 Å². The molecule has 0 radical (unpaired) electrons. The maximum Gasteiger partial charge on any atom is 0.277 e. The van der Waals surface area contributed by atoms with Crippen molar-refractivity contribution in [3.63, 3.8) is 0 Å². The number of rotatable bonds is 7. The monoisotopic (exact) mass is 262 g/mol. The van der Waals surface area contributed by atoms with E-state index in [1.54, 1.807) is 0 Å². The number of nitrogens with zero attached hydrogens (tertiary/aromatic N) is 1. The van der Waals surface area contributed by atoms with Gasteiger partial charge >= 0.3 is 0 Å². The Balaban J connectivity index is 2.32. The minimum Gasteiger partial charge on any atom is -0.484 e. The lowest BCUT2D eigenvalue weighted by atomic mass is 10.2. The second kappa shape index (κ2) is 8.29. The number of hydrazone groups is 1. The van der Waals surface area contributed by atoms with Gasteiger partial charge in [-0.05, 0) is 44.4 Å². The van der Waals surface area contributed by atoms with Gasteiger partial charge < -0.3 is 4.74 Å². The van der Waals surface area contributed by atoms with Gasteiger partial charge in [0.05, 0.1) is 0 Å². The topological polar surface area (TPSA) is 50.7 Å². The molecule has 0 aliphatic rings. The number of carbonyl (C=O) groups is 1. The molecule has 1 amide bonds. The molecule has 4 heteroatoms. The maximum absolute atomic E-state index is 11.5. The normalized spacial score (nSPS) is 11.2. The van der Waals surface area contributed by atoms with Gasteiger partial charge in [-0.15, -0.1) is 0 Å². The van der Waals surface area contributed by atoms with Crippen molar-refractivity contribution < 1.29 is 9.53 Å². The Hall–Kier alpha value is -1.84. The number of carbonyl (C=O) groups excluding carboxylic acids is 1. The van der Waals surface area contributed by atoms with E-state index in [9.17, 15) is 4.79 Å². The van der Waals surface area contributed by atoms with Crippen LogP contribution < -0.4 is 10.2 Å². The molecule has 4 nitrogen and oxygen atoms in total. The molecular formula is C15H22N2O2. The Morgan fingerprint density at radius 3 is 2.89 bits per heavy atom. The van der Waals surface area contributed by atoms with E-state index in [1.807, 2.05) is 38.1 Å². The van der Waals surface area contributed by atoms with E-state index >= 15 is 0 Å². The molecule has 0 aliphatic carbocycles. The Morgan fingerprint density at radius 2 is 2.21 bits per heavy atom. The van der Waals surface area contributed by atoms with Crippen LogP contribution in [0.25, 0.3) is 0 Å². The van der Waals surface area contributed by atoms with Gasteiger partial charge in [-0.2, -0.15) is 5.10 Å². The van der Waals surface area contributed by atoms with Crippen LogP contribution in [0.1, 0.15) is 38.7 Å². The van der Waals surface area contributed by atoms with Gasteiger partial charge in [0.1, 0.15) is 5.75 Å². The van der Waals surface area contributed by atoms with Gasteiger partial charge in [0.15, 0.2) is 6.61 Å². The summed E-state index contributed by atoms with van der Waals surface area (Å²) in [6.07, 6.45) is 3.12. The summed E-state index contributed by atoms with van der Waals surface area (Å²) >= 11 is 0. The predicted octanol–water partition coefficient (Wildman–Crippen LogP) is 3.06. The lowest BCUT2D eigenvalue weighted by Crippen LogP contribution is -2.25. The third-order valence-corrected chi connectivity index (χ3v) is 2.62. The summed E-state index contributed by atoms with van der Waals surface area (Å²) < 4.78 is 5.38. The standard InChI is InChI=1S/C15H22N2O2/c1-4-5-8-13(3)16-17-15(18)11-19-14-9-6-7-12(2)10-14/h6-7,9-10H,4-5,8,11H2,1-3H3,(H,17,18). The van der Waals surface area contributed by atoms with Gasteiger partial charge in [0.2, 0.25) is 0 Å². The lowest BCUT2D eigenvalue weighted by Gasteiger charge is -2.06. The molecule has 0 bridgehead atoms. The van der Waals surface area contributed by atoms with E-state index in [-0.39, 0.29) is 12.5 Å². The third-order valence-electron chi connectivity index (χ3n) is 2.62. The van der Waals surface area contributed by atoms with E-state index in [4.69, 9.17) is 4.74 Å². The predicted molar refractivity (Wildman–Crippen MR) is 77.5 cm³/mol. The van der Waals surface area contributed by atoms with Crippen LogP contribution in [-0.2, 0) is 4.79 Å². The van der Waals surface area contributed by atoms with E-state index in [0.717, 1.165) is 30.5 Å². The molecule has 0 spiro atoms. The summed E-state index contributed by atoms with van der Waals surface area (Å²) in [5.41, 5.74) is 4.54. The van der Waals surface area contributed by atoms with Crippen LogP contribution in [0.15, 0.2) is 29.4 Å². The Bertz CT molecular complexity index is 442. The summed E-state index contributed by atoms with van der Waals surface area (Å²) in [4.78, 5) is 11.5. The Morgan fingerprint density at radius 1 is 1.42 bits per heavy atom. The van der Waals surface area contributed by atoms with Crippen LogP contribution in [0, 0.1) is 6.92 Å². The summed E-state index contributed by atoms with van der Waals surface area (Å²) in [6.45, 7) is 6.00. The van der Waals surface area contributed by atoms with Crippen LogP contribution in [-0.4, -0.2) is 18.2 Å². The van der Waals surface area contributed by atoms with Crippen molar-refractivity contribution in [2.75, 3.05) is 6.61 Å². The molecular weight excluding hydrogens is 240 g/mol. The molecule has 0 aromatic heterocycles. The van der Waals surface area contributed by atoms with Gasteiger partial charge in [-0.25, -0.2) is 5.43 Å². The highest BCUT2D eigenvalue weighted by molar-refractivity contribution is 5.84. The van der Waals surface area contributed by atoms with Gasteiger partial charge in [0, 0.05) is 5.71 Å².